The van der Waals surface area contributed by atoms with Gasteiger partial charge in [0.1, 0.15) is 23.7 Å². The molecule has 3 aliphatic heterocycles. The Bertz CT molecular complexity index is 1580. The number of unbranched alkanes of at least 4 members (excludes halogenated alkanes) is 1. The van der Waals surface area contributed by atoms with Crippen molar-refractivity contribution in [3.63, 3.8) is 0 Å². The maximum Gasteiger partial charge on any atom is 0.338 e. The van der Waals surface area contributed by atoms with Gasteiger partial charge in [-0.05, 0) is 75.1 Å². The Morgan fingerprint density at radius 2 is 1.60 bits per heavy atom. The van der Waals surface area contributed by atoms with E-state index in [1.54, 1.807) is 38.1 Å². The van der Waals surface area contributed by atoms with Crippen LogP contribution in [0.5, 0.6) is 0 Å². The first kappa shape index (κ1) is 38.5. The monoisotopic (exact) mass is 717 g/mol. The van der Waals surface area contributed by atoms with E-state index in [0.717, 1.165) is 11.1 Å². The van der Waals surface area contributed by atoms with Gasteiger partial charge < -0.3 is 35.2 Å². The number of amides is 5. The number of morpholine rings is 1. The third-order valence-corrected chi connectivity index (χ3v) is 10.3. The van der Waals surface area contributed by atoms with Crippen molar-refractivity contribution in [2.45, 2.75) is 95.3 Å². The van der Waals surface area contributed by atoms with Crippen LogP contribution in [0.15, 0.2) is 54.6 Å². The van der Waals surface area contributed by atoms with E-state index in [2.05, 4.69) is 16.0 Å². The molecule has 2 aromatic carbocycles. The zero-order chi connectivity index (χ0) is 37.1. The number of fused-ring (bicyclic) bond motifs is 1. The highest BCUT2D eigenvalue weighted by Crippen LogP contribution is 2.22. The van der Waals surface area contributed by atoms with Crippen molar-refractivity contribution in [1.82, 2.24) is 25.8 Å². The van der Waals surface area contributed by atoms with Crippen molar-refractivity contribution in [1.29, 1.82) is 0 Å². The molecule has 3 fully saturated rings. The zero-order valence-corrected chi connectivity index (χ0v) is 30.2. The molecular formula is C39H51N5O8. The SMILES string of the molecule is CC[C@]1(C)NC(=O)[C@H](CCCCOC(=O)c2ccccc2)NC(=O)[C@H]2CCCN2C(=O)[C@H](Cc2ccc(CCC(=O)N3CCOCC3)cc2)NC1=O. The standard InChI is InChI=1S/C39H51N5O8/c1-3-39(2)38(50)41-31(26-28-16-14-27(15-17-28)18-19-33(45)43-21-24-51-25-22-43)36(48)44-20-9-13-32(44)35(47)40-30(34(46)42-39)12-7-8-23-52-37(49)29-10-5-4-6-11-29/h4-6,10-11,14-17,30-32H,3,7-9,12-13,18-26H2,1-2H3,(H,40,47)(H,41,50)(H,42,46)/t30-,31-,32+,39-/m0/s1. The third-order valence-electron chi connectivity index (χ3n) is 10.3. The molecular weight excluding hydrogens is 666 g/mol. The number of hydrogen-bond acceptors (Lipinski definition) is 8. The lowest BCUT2D eigenvalue weighted by Crippen LogP contribution is -2.65. The Kier molecular flexibility index (Phi) is 13.4. The van der Waals surface area contributed by atoms with E-state index in [1.807, 2.05) is 35.2 Å². The van der Waals surface area contributed by atoms with E-state index in [0.29, 0.717) is 76.9 Å². The van der Waals surface area contributed by atoms with E-state index in [4.69, 9.17) is 9.47 Å². The van der Waals surface area contributed by atoms with Crippen LogP contribution in [0.2, 0.25) is 0 Å². The van der Waals surface area contributed by atoms with Crippen molar-refractivity contribution in [3.05, 3.63) is 71.3 Å². The van der Waals surface area contributed by atoms with Gasteiger partial charge >= 0.3 is 5.97 Å². The second-order valence-corrected chi connectivity index (χ2v) is 14.0. The fourth-order valence-corrected chi connectivity index (χ4v) is 6.80. The van der Waals surface area contributed by atoms with Crippen LogP contribution >= 0.6 is 0 Å². The molecule has 3 heterocycles. The molecule has 0 aromatic heterocycles. The van der Waals surface area contributed by atoms with E-state index < -0.39 is 47.4 Å². The number of nitrogens with one attached hydrogen (secondary N) is 3. The third kappa shape index (κ3) is 9.96. The average Bonchev–Trinajstić information content (AvgIpc) is 3.67. The predicted molar refractivity (Wildman–Crippen MR) is 192 cm³/mol. The Balaban J connectivity index is 1.24. The maximum atomic E-state index is 14.1. The molecule has 4 atom stereocenters. The van der Waals surface area contributed by atoms with Gasteiger partial charge in [0.05, 0.1) is 25.4 Å². The molecule has 13 heteroatoms. The van der Waals surface area contributed by atoms with Crippen LogP contribution in [0, 0.1) is 0 Å². The lowest BCUT2D eigenvalue weighted by Gasteiger charge is -2.36. The molecule has 3 aliphatic rings. The van der Waals surface area contributed by atoms with Gasteiger partial charge in [-0.15, -0.1) is 0 Å². The largest absolute Gasteiger partial charge is 0.462 e. The highest BCUT2D eigenvalue weighted by atomic mass is 16.5. The van der Waals surface area contributed by atoms with E-state index in [9.17, 15) is 28.8 Å². The van der Waals surface area contributed by atoms with Gasteiger partial charge in [-0.3, -0.25) is 24.0 Å². The molecule has 52 heavy (non-hydrogen) atoms. The first-order valence-corrected chi connectivity index (χ1v) is 18.5. The smallest absolute Gasteiger partial charge is 0.338 e. The van der Waals surface area contributed by atoms with Crippen molar-refractivity contribution in [3.8, 4) is 0 Å². The Labute approximate surface area is 305 Å². The zero-order valence-electron chi connectivity index (χ0n) is 30.2. The van der Waals surface area contributed by atoms with Crippen molar-refractivity contribution in [2.75, 3.05) is 39.5 Å². The number of nitrogens with zero attached hydrogens (tertiary/aromatic N) is 2. The number of esters is 1. The molecule has 0 aliphatic carbocycles. The summed E-state index contributed by atoms with van der Waals surface area (Å²) in [5.74, 6) is -2.09. The molecule has 5 amide bonds. The van der Waals surface area contributed by atoms with Crippen LogP contribution in [0.1, 0.15) is 80.3 Å². The van der Waals surface area contributed by atoms with Gasteiger partial charge in [-0.1, -0.05) is 49.4 Å². The van der Waals surface area contributed by atoms with Gasteiger partial charge in [-0.25, -0.2) is 4.79 Å². The normalized spacial score (nSPS) is 24.2. The molecule has 280 valence electrons. The van der Waals surface area contributed by atoms with Gasteiger partial charge in [-0.2, -0.15) is 0 Å². The topological polar surface area (TPSA) is 163 Å². The second-order valence-electron chi connectivity index (χ2n) is 14.0. The van der Waals surface area contributed by atoms with E-state index in [-0.39, 0.29) is 37.7 Å². The number of benzene rings is 2. The van der Waals surface area contributed by atoms with Crippen molar-refractivity contribution < 1.29 is 38.2 Å². The number of aryl methyl sites for hydroxylation is 1. The van der Waals surface area contributed by atoms with E-state index in [1.165, 1.54) is 4.90 Å². The van der Waals surface area contributed by atoms with Gasteiger partial charge in [0, 0.05) is 32.5 Å². The fourth-order valence-electron chi connectivity index (χ4n) is 6.80. The lowest BCUT2D eigenvalue weighted by atomic mass is 9.94. The molecule has 13 nitrogen and oxygen atoms in total. The number of hydrogen-bond donors (Lipinski definition) is 3. The average molecular weight is 718 g/mol. The number of rotatable bonds is 12. The number of carbonyl (C=O) groups is 6. The van der Waals surface area contributed by atoms with Gasteiger partial charge in [0.15, 0.2) is 0 Å². The summed E-state index contributed by atoms with van der Waals surface area (Å²) in [6, 6.07) is 13.6. The quantitative estimate of drug-likeness (QED) is 0.223. The summed E-state index contributed by atoms with van der Waals surface area (Å²) in [5, 5.41) is 8.66. The van der Waals surface area contributed by atoms with Crippen molar-refractivity contribution >= 4 is 35.5 Å². The van der Waals surface area contributed by atoms with Crippen LogP contribution in [-0.4, -0.2) is 108 Å². The summed E-state index contributed by atoms with van der Waals surface area (Å²) < 4.78 is 10.7. The molecule has 0 bridgehead atoms. The van der Waals surface area contributed by atoms with E-state index >= 15 is 0 Å². The lowest BCUT2D eigenvalue weighted by molar-refractivity contribution is -0.144. The molecule has 3 saturated heterocycles. The summed E-state index contributed by atoms with van der Waals surface area (Å²) >= 11 is 0. The van der Waals surface area contributed by atoms with Crippen molar-refractivity contribution in [2.24, 2.45) is 0 Å². The Morgan fingerprint density at radius 1 is 0.885 bits per heavy atom. The summed E-state index contributed by atoms with van der Waals surface area (Å²) in [6.45, 7) is 6.22. The molecule has 2 aromatic rings. The predicted octanol–water partition coefficient (Wildman–Crippen LogP) is 2.31. The Hall–Kier alpha value is -4.78. The number of carbonyl (C=O) groups excluding carboxylic acids is 6. The van der Waals surface area contributed by atoms with Crippen LogP contribution in [0.25, 0.3) is 0 Å². The molecule has 0 spiro atoms. The minimum absolute atomic E-state index is 0.0947. The minimum Gasteiger partial charge on any atom is -0.462 e. The van der Waals surface area contributed by atoms with Gasteiger partial charge in [0.25, 0.3) is 0 Å². The highest BCUT2D eigenvalue weighted by molar-refractivity contribution is 5.99. The maximum absolute atomic E-state index is 14.1. The summed E-state index contributed by atoms with van der Waals surface area (Å²) in [5.41, 5.74) is 0.890. The molecule has 0 unspecified atom stereocenters. The molecule has 5 rings (SSSR count). The first-order chi connectivity index (χ1) is 25.1. The van der Waals surface area contributed by atoms with Crippen LogP contribution in [0.4, 0.5) is 0 Å². The fraction of sp³-hybridized carbons (Fsp3) is 0.538. The summed E-state index contributed by atoms with van der Waals surface area (Å²) in [6.07, 6.45) is 3.63. The molecule has 0 saturated carbocycles. The summed E-state index contributed by atoms with van der Waals surface area (Å²) in [7, 11) is 0. The highest BCUT2D eigenvalue weighted by Gasteiger charge is 2.43. The van der Waals surface area contributed by atoms with Crippen LogP contribution < -0.4 is 16.0 Å². The molecule has 3 N–H and O–H groups in total. The van der Waals surface area contributed by atoms with Crippen LogP contribution in [-0.2, 0) is 46.3 Å². The Morgan fingerprint density at radius 3 is 2.31 bits per heavy atom. The minimum atomic E-state index is -1.36. The summed E-state index contributed by atoms with van der Waals surface area (Å²) in [4.78, 5) is 83.6. The van der Waals surface area contributed by atoms with Gasteiger partial charge in [0.2, 0.25) is 29.5 Å². The second kappa shape index (κ2) is 18.1. The number of ether oxygens (including phenoxy) is 2. The molecule has 0 radical (unpaired) electrons. The first-order valence-electron chi connectivity index (χ1n) is 18.5. The van der Waals surface area contributed by atoms with Crippen LogP contribution in [0.3, 0.4) is 0 Å².